The standard InChI is InChI=1S/C12H24N2O2/c1-16-9-10(5-8-15)13-11-4-7-14-6-2-3-12(11)14/h10-13,15H,2-9H2,1H3. The van der Waals surface area contributed by atoms with Gasteiger partial charge in [0.2, 0.25) is 0 Å². The highest BCUT2D eigenvalue weighted by atomic mass is 16.5. The summed E-state index contributed by atoms with van der Waals surface area (Å²) in [6, 6.07) is 1.65. The van der Waals surface area contributed by atoms with Gasteiger partial charge < -0.3 is 15.2 Å². The molecule has 4 nitrogen and oxygen atoms in total. The van der Waals surface area contributed by atoms with Crippen LogP contribution in [-0.2, 0) is 4.74 Å². The number of nitrogens with one attached hydrogen (secondary N) is 1. The Morgan fingerprint density at radius 2 is 2.31 bits per heavy atom. The molecule has 0 aromatic carbocycles. The van der Waals surface area contributed by atoms with Crippen LogP contribution in [0.25, 0.3) is 0 Å². The molecule has 0 spiro atoms. The predicted octanol–water partition coefficient (Wildman–Crippen LogP) is 0.210. The first-order valence-corrected chi connectivity index (χ1v) is 6.45. The number of hydrogen-bond donors (Lipinski definition) is 2. The van der Waals surface area contributed by atoms with E-state index in [-0.39, 0.29) is 6.61 Å². The van der Waals surface area contributed by atoms with E-state index in [1.807, 2.05) is 0 Å². The Morgan fingerprint density at radius 1 is 1.44 bits per heavy atom. The molecule has 2 rings (SSSR count). The molecule has 0 amide bonds. The molecule has 2 fully saturated rings. The minimum atomic E-state index is 0.238. The van der Waals surface area contributed by atoms with Gasteiger partial charge in [-0.15, -0.1) is 0 Å². The van der Waals surface area contributed by atoms with Crippen molar-refractivity contribution in [2.75, 3.05) is 33.4 Å². The van der Waals surface area contributed by atoms with E-state index in [2.05, 4.69) is 10.2 Å². The van der Waals surface area contributed by atoms with E-state index in [1.165, 1.54) is 32.4 Å². The highest BCUT2D eigenvalue weighted by molar-refractivity contribution is 4.96. The van der Waals surface area contributed by atoms with Crippen LogP contribution in [0.2, 0.25) is 0 Å². The fourth-order valence-electron chi connectivity index (χ4n) is 3.15. The molecule has 2 heterocycles. The summed E-state index contributed by atoms with van der Waals surface area (Å²) in [5.74, 6) is 0. The molecule has 2 aliphatic rings. The zero-order valence-electron chi connectivity index (χ0n) is 10.2. The first-order chi connectivity index (χ1) is 7.85. The third kappa shape index (κ3) is 2.74. The maximum absolute atomic E-state index is 9.02. The van der Waals surface area contributed by atoms with E-state index < -0.39 is 0 Å². The Hall–Kier alpha value is -0.160. The van der Waals surface area contributed by atoms with Crippen molar-refractivity contribution in [3.8, 4) is 0 Å². The third-order valence-electron chi connectivity index (χ3n) is 3.90. The second kappa shape index (κ2) is 5.96. The highest BCUT2D eigenvalue weighted by Crippen LogP contribution is 2.28. The van der Waals surface area contributed by atoms with E-state index in [0.717, 1.165) is 12.5 Å². The van der Waals surface area contributed by atoms with Crippen LogP contribution in [0.4, 0.5) is 0 Å². The summed E-state index contributed by atoms with van der Waals surface area (Å²) in [5, 5.41) is 12.7. The van der Waals surface area contributed by atoms with Gasteiger partial charge in [0, 0.05) is 38.4 Å². The van der Waals surface area contributed by atoms with Crippen molar-refractivity contribution in [3.63, 3.8) is 0 Å². The Bertz CT molecular complexity index is 207. The molecule has 0 aromatic rings. The molecule has 0 aliphatic carbocycles. The van der Waals surface area contributed by atoms with Crippen molar-refractivity contribution in [2.24, 2.45) is 0 Å². The van der Waals surface area contributed by atoms with Crippen LogP contribution in [-0.4, -0.2) is 61.5 Å². The van der Waals surface area contributed by atoms with Gasteiger partial charge >= 0.3 is 0 Å². The molecular formula is C12H24N2O2. The quantitative estimate of drug-likeness (QED) is 0.682. The van der Waals surface area contributed by atoms with Crippen molar-refractivity contribution in [2.45, 2.75) is 43.8 Å². The molecule has 4 heteroatoms. The fourth-order valence-corrected chi connectivity index (χ4v) is 3.15. The van der Waals surface area contributed by atoms with Crippen LogP contribution >= 0.6 is 0 Å². The van der Waals surface area contributed by atoms with Gasteiger partial charge in [-0.1, -0.05) is 0 Å². The van der Waals surface area contributed by atoms with Crippen molar-refractivity contribution >= 4 is 0 Å². The second-order valence-corrected chi connectivity index (χ2v) is 4.97. The van der Waals surface area contributed by atoms with Gasteiger partial charge in [-0.25, -0.2) is 0 Å². The second-order valence-electron chi connectivity index (χ2n) is 4.97. The van der Waals surface area contributed by atoms with Crippen LogP contribution in [0.15, 0.2) is 0 Å². The summed E-state index contributed by atoms with van der Waals surface area (Å²) in [5.41, 5.74) is 0. The minimum absolute atomic E-state index is 0.238. The smallest absolute Gasteiger partial charge is 0.0616 e. The molecular weight excluding hydrogens is 204 g/mol. The summed E-state index contributed by atoms with van der Waals surface area (Å²) in [7, 11) is 1.72. The average Bonchev–Trinajstić information content (AvgIpc) is 2.83. The summed E-state index contributed by atoms with van der Waals surface area (Å²) < 4.78 is 5.19. The summed E-state index contributed by atoms with van der Waals surface area (Å²) in [6.45, 7) is 3.45. The van der Waals surface area contributed by atoms with E-state index in [1.54, 1.807) is 7.11 Å². The number of methoxy groups -OCH3 is 1. The first kappa shape index (κ1) is 12.3. The Morgan fingerprint density at radius 3 is 3.06 bits per heavy atom. The minimum Gasteiger partial charge on any atom is -0.396 e. The summed E-state index contributed by atoms with van der Waals surface area (Å²) in [6.07, 6.45) is 4.71. The molecule has 2 saturated heterocycles. The normalized spacial score (nSPS) is 31.9. The van der Waals surface area contributed by atoms with E-state index in [9.17, 15) is 0 Å². The molecule has 94 valence electrons. The topological polar surface area (TPSA) is 44.7 Å². The number of rotatable bonds is 6. The molecule has 16 heavy (non-hydrogen) atoms. The lowest BCUT2D eigenvalue weighted by Crippen LogP contribution is -2.46. The van der Waals surface area contributed by atoms with Gasteiger partial charge in [-0.05, 0) is 32.2 Å². The van der Waals surface area contributed by atoms with Crippen LogP contribution in [0.1, 0.15) is 25.7 Å². The zero-order valence-corrected chi connectivity index (χ0v) is 10.2. The molecule has 0 radical (unpaired) electrons. The van der Waals surface area contributed by atoms with E-state index in [4.69, 9.17) is 9.84 Å². The number of nitrogens with zero attached hydrogens (tertiary/aromatic N) is 1. The molecule has 0 bridgehead atoms. The van der Waals surface area contributed by atoms with Gasteiger partial charge in [0.05, 0.1) is 6.61 Å². The van der Waals surface area contributed by atoms with Gasteiger partial charge in [0.15, 0.2) is 0 Å². The first-order valence-electron chi connectivity index (χ1n) is 6.45. The van der Waals surface area contributed by atoms with Crippen LogP contribution in [0.5, 0.6) is 0 Å². The monoisotopic (exact) mass is 228 g/mol. The maximum Gasteiger partial charge on any atom is 0.0616 e. The van der Waals surface area contributed by atoms with E-state index >= 15 is 0 Å². The summed E-state index contributed by atoms with van der Waals surface area (Å²) in [4.78, 5) is 2.60. The fraction of sp³-hybridized carbons (Fsp3) is 1.00. The van der Waals surface area contributed by atoms with Gasteiger partial charge in [-0.3, -0.25) is 4.90 Å². The molecule has 3 atom stereocenters. The van der Waals surface area contributed by atoms with Gasteiger partial charge in [0.25, 0.3) is 0 Å². The number of aliphatic hydroxyl groups excluding tert-OH is 1. The van der Waals surface area contributed by atoms with Crippen LogP contribution in [0.3, 0.4) is 0 Å². The SMILES string of the molecule is COCC(CCO)NC1CCN2CCCC12. The van der Waals surface area contributed by atoms with Crippen molar-refractivity contribution < 1.29 is 9.84 Å². The predicted molar refractivity (Wildman–Crippen MR) is 63.5 cm³/mol. The number of hydrogen-bond acceptors (Lipinski definition) is 4. The lowest BCUT2D eigenvalue weighted by Gasteiger charge is -2.26. The summed E-state index contributed by atoms with van der Waals surface area (Å²) >= 11 is 0. The van der Waals surface area contributed by atoms with Crippen molar-refractivity contribution in [1.82, 2.24) is 10.2 Å². The van der Waals surface area contributed by atoms with E-state index in [0.29, 0.717) is 18.7 Å². The lowest BCUT2D eigenvalue weighted by molar-refractivity contribution is 0.138. The maximum atomic E-state index is 9.02. The largest absolute Gasteiger partial charge is 0.396 e. The third-order valence-corrected chi connectivity index (χ3v) is 3.90. The molecule has 2 N–H and O–H groups in total. The Kier molecular flexibility index (Phi) is 4.58. The number of fused-ring (bicyclic) bond motifs is 1. The number of ether oxygens (including phenoxy) is 1. The molecule has 0 saturated carbocycles. The van der Waals surface area contributed by atoms with Gasteiger partial charge in [-0.2, -0.15) is 0 Å². The molecule has 0 aromatic heterocycles. The Labute approximate surface area is 98.0 Å². The molecule has 3 unspecified atom stereocenters. The zero-order chi connectivity index (χ0) is 11.4. The average molecular weight is 228 g/mol. The lowest BCUT2D eigenvalue weighted by atomic mass is 10.0. The number of aliphatic hydroxyl groups is 1. The van der Waals surface area contributed by atoms with Gasteiger partial charge in [0.1, 0.15) is 0 Å². The van der Waals surface area contributed by atoms with Crippen LogP contribution < -0.4 is 5.32 Å². The van der Waals surface area contributed by atoms with Crippen LogP contribution in [0, 0.1) is 0 Å². The van der Waals surface area contributed by atoms with Crippen molar-refractivity contribution in [3.05, 3.63) is 0 Å². The molecule has 2 aliphatic heterocycles. The Balaban J connectivity index is 1.82. The highest BCUT2D eigenvalue weighted by Gasteiger charge is 2.37. The van der Waals surface area contributed by atoms with Crippen molar-refractivity contribution in [1.29, 1.82) is 0 Å².